The second kappa shape index (κ2) is 9.73. The Hall–Kier alpha value is -3.61. The molecule has 2 N–H and O–H groups in total. The van der Waals surface area contributed by atoms with Gasteiger partial charge in [0.25, 0.3) is 5.91 Å². The van der Waals surface area contributed by atoms with Crippen LogP contribution in [0.1, 0.15) is 34.6 Å². The molecule has 3 aromatic rings. The lowest BCUT2D eigenvalue weighted by molar-refractivity contribution is -0.129. The van der Waals surface area contributed by atoms with Gasteiger partial charge in [-0.1, -0.05) is 24.3 Å². The molecule has 1 aromatic heterocycles. The normalized spacial score (nSPS) is 11.6. The Kier molecular flexibility index (Phi) is 6.85. The molecule has 1 atom stereocenters. The lowest BCUT2D eigenvalue weighted by Gasteiger charge is -2.26. The number of rotatable bonds is 8. The highest BCUT2D eigenvalue weighted by atomic mass is 19.1. The van der Waals surface area contributed by atoms with E-state index in [2.05, 4.69) is 10.6 Å². The van der Waals surface area contributed by atoms with Gasteiger partial charge in [0, 0.05) is 12.7 Å². The van der Waals surface area contributed by atoms with Gasteiger partial charge in [-0.15, -0.1) is 0 Å². The maximum atomic E-state index is 13.1. The van der Waals surface area contributed by atoms with Crippen molar-refractivity contribution in [2.75, 3.05) is 18.9 Å². The van der Waals surface area contributed by atoms with E-state index in [0.717, 1.165) is 5.56 Å². The maximum absolute atomic E-state index is 13.1. The number of carbonyl (C=O) groups is 2. The molecular weight excluding hydrogens is 385 g/mol. The average molecular weight is 409 g/mol. The summed E-state index contributed by atoms with van der Waals surface area (Å²) in [6, 6.07) is 16.4. The first-order valence-electron chi connectivity index (χ1n) is 9.60. The molecule has 0 spiro atoms. The molecule has 1 unspecified atom stereocenters. The molecule has 0 aliphatic rings. The van der Waals surface area contributed by atoms with Gasteiger partial charge in [0.05, 0.1) is 31.0 Å². The van der Waals surface area contributed by atoms with Gasteiger partial charge in [0.2, 0.25) is 5.91 Å². The predicted octanol–water partition coefficient (Wildman–Crippen LogP) is 3.98. The highest BCUT2D eigenvalue weighted by molar-refractivity contribution is 6.00. The highest BCUT2D eigenvalue weighted by Gasteiger charge is 2.18. The third kappa shape index (κ3) is 5.26. The molecule has 0 radical (unpaired) electrons. The molecule has 1 heterocycles. The van der Waals surface area contributed by atoms with Gasteiger partial charge in [-0.05, 0) is 48.9 Å². The Morgan fingerprint density at radius 3 is 2.50 bits per heavy atom. The summed E-state index contributed by atoms with van der Waals surface area (Å²) in [5.74, 6) is -0.0866. The Balaban J connectivity index is 1.60. The van der Waals surface area contributed by atoms with Gasteiger partial charge >= 0.3 is 0 Å². The fraction of sp³-hybridized carbons (Fsp3) is 0.217. The van der Waals surface area contributed by atoms with E-state index in [4.69, 9.17) is 4.42 Å². The number of anilines is 1. The number of hydrogen-bond acceptors (Lipinski definition) is 4. The van der Waals surface area contributed by atoms with Gasteiger partial charge in [-0.25, -0.2) is 4.39 Å². The van der Waals surface area contributed by atoms with Crippen molar-refractivity contribution in [2.24, 2.45) is 0 Å². The second-order valence-electron chi connectivity index (χ2n) is 6.89. The monoisotopic (exact) mass is 409 g/mol. The Bertz CT molecular complexity index is 987. The fourth-order valence-corrected chi connectivity index (χ4v) is 2.99. The number of benzene rings is 2. The smallest absolute Gasteiger partial charge is 0.253 e. The molecule has 0 saturated heterocycles. The molecule has 0 aliphatic carbocycles. The van der Waals surface area contributed by atoms with Crippen molar-refractivity contribution >= 4 is 17.5 Å². The lowest BCUT2D eigenvalue weighted by Crippen LogP contribution is -2.34. The summed E-state index contributed by atoms with van der Waals surface area (Å²) in [7, 11) is 1.69. The Morgan fingerprint density at radius 1 is 1.07 bits per heavy atom. The number of hydrogen-bond donors (Lipinski definition) is 2. The van der Waals surface area contributed by atoms with Crippen LogP contribution in [-0.4, -0.2) is 30.3 Å². The minimum atomic E-state index is -0.316. The third-order valence-electron chi connectivity index (χ3n) is 4.93. The second-order valence-corrected chi connectivity index (χ2v) is 6.89. The Labute approximate surface area is 174 Å². The summed E-state index contributed by atoms with van der Waals surface area (Å²) < 4.78 is 18.3. The van der Waals surface area contributed by atoms with Crippen LogP contribution < -0.4 is 10.6 Å². The minimum absolute atomic E-state index is 0.0184. The molecule has 30 heavy (non-hydrogen) atoms. The number of likely N-dealkylation sites (N-methyl/N-ethyl adjacent to an activating group) is 1. The molecule has 156 valence electrons. The zero-order valence-corrected chi connectivity index (χ0v) is 16.9. The van der Waals surface area contributed by atoms with E-state index in [-0.39, 0.29) is 36.8 Å². The first kappa shape index (κ1) is 21.1. The standard InChI is InChI=1S/C23H24FN3O3/c1-16(17-9-11-18(24)12-10-17)27(2)22(28)15-25-21-8-4-3-7-20(21)23(29)26-14-19-6-5-13-30-19/h3-13,16,25H,14-15H2,1-2H3,(H,26,29). The van der Waals surface area contributed by atoms with E-state index >= 15 is 0 Å². The van der Waals surface area contributed by atoms with Crippen LogP contribution in [0.25, 0.3) is 0 Å². The van der Waals surface area contributed by atoms with Gasteiger partial charge in [0.15, 0.2) is 0 Å². The third-order valence-corrected chi connectivity index (χ3v) is 4.93. The van der Waals surface area contributed by atoms with Crippen molar-refractivity contribution in [2.45, 2.75) is 19.5 Å². The van der Waals surface area contributed by atoms with Crippen LogP contribution in [0.5, 0.6) is 0 Å². The molecule has 6 nitrogen and oxygen atoms in total. The molecule has 0 fully saturated rings. The lowest BCUT2D eigenvalue weighted by atomic mass is 10.1. The van der Waals surface area contributed by atoms with Crippen molar-refractivity contribution in [3.63, 3.8) is 0 Å². The van der Waals surface area contributed by atoms with Crippen LogP contribution in [0.15, 0.2) is 71.3 Å². The first-order valence-corrected chi connectivity index (χ1v) is 9.60. The van der Waals surface area contributed by atoms with Crippen molar-refractivity contribution in [3.05, 3.63) is 89.6 Å². The maximum Gasteiger partial charge on any atom is 0.253 e. The van der Waals surface area contributed by atoms with Gasteiger partial charge in [-0.3, -0.25) is 9.59 Å². The van der Waals surface area contributed by atoms with Gasteiger partial charge < -0.3 is 20.0 Å². The molecule has 3 rings (SSSR count). The van der Waals surface area contributed by atoms with Crippen molar-refractivity contribution in [1.82, 2.24) is 10.2 Å². The number of amides is 2. The number of para-hydroxylation sites is 1. The zero-order valence-electron chi connectivity index (χ0n) is 16.9. The van der Waals surface area contributed by atoms with Gasteiger partial charge in [0.1, 0.15) is 11.6 Å². The number of furan rings is 1. The van der Waals surface area contributed by atoms with Crippen LogP contribution >= 0.6 is 0 Å². The van der Waals surface area contributed by atoms with E-state index in [1.54, 1.807) is 66.7 Å². The summed E-state index contributed by atoms with van der Waals surface area (Å²) in [5, 5.41) is 5.85. The number of halogens is 1. The molecule has 7 heteroatoms. The average Bonchev–Trinajstić information content (AvgIpc) is 3.29. The fourth-order valence-electron chi connectivity index (χ4n) is 2.99. The summed E-state index contributed by atoms with van der Waals surface area (Å²) in [5.41, 5.74) is 1.83. The van der Waals surface area contributed by atoms with E-state index in [0.29, 0.717) is 17.0 Å². The molecule has 2 aromatic carbocycles. The zero-order chi connectivity index (χ0) is 21.5. The van der Waals surface area contributed by atoms with Crippen LogP contribution in [-0.2, 0) is 11.3 Å². The van der Waals surface area contributed by atoms with Crippen LogP contribution in [0.4, 0.5) is 10.1 Å². The van der Waals surface area contributed by atoms with Crippen molar-refractivity contribution in [3.8, 4) is 0 Å². The minimum Gasteiger partial charge on any atom is -0.467 e. The topological polar surface area (TPSA) is 74.6 Å². The molecule has 2 amide bonds. The van der Waals surface area contributed by atoms with Gasteiger partial charge in [-0.2, -0.15) is 0 Å². The first-order chi connectivity index (χ1) is 14.5. The van der Waals surface area contributed by atoms with E-state index in [1.807, 2.05) is 6.92 Å². The SMILES string of the molecule is CC(c1ccc(F)cc1)N(C)C(=O)CNc1ccccc1C(=O)NCc1ccco1. The summed E-state index contributed by atoms with van der Waals surface area (Å²) >= 11 is 0. The quantitative estimate of drug-likeness (QED) is 0.590. The molecular formula is C23H24FN3O3. The highest BCUT2D eigenvalue weighted by Crippen LogP contribution is 2.20. The van der Waals surface area contributed by atoms with E-state index in [1.165, 1.54) is 12.1 Å². The Morgan fingerprint density at radius 2 is 1.80 bits per heavy atom. The molecule has 0 saturated carbocycles. The molecule has 0 aliphatic heterocycles. The molecule has 0 bridgehead atoms. The predicted molar refractivity (Wildman–Crippen MR) is 112 cm³/mol. The van der Waals surface area contributed by atoms with Crippen LogP contribution in [0.3, 0.4) is 0 Å². The summed E-state index contributed by atoms with van der Waals surface area (Å²) in [6.07, 6.45) is 1.55. The number of nitrogens with one attached hydrogen (secondary N) is 2. The van der Waals surface area contributed by atoms with E-state index in [9.17, 15) is 14.0 Å². The largest absolute Gasteiger partial charge is 0.467 e. The van der Waals surface area contributed by atoms with E-state index < -0.39 is 0 Å². The van der Waals surface area contributed by atoms with Crippen LogP contribution in [0, 0.1) is 5.82 Å². The van der Waals surface area contributed by atoms with Crippen molar-refractivity contribution < 1.29 is 18.4 Å². The number of nitrogens with zero attached hydrogens (tertiary/aromatic N) is 1. The summed E-state index contributed by atoms with van der Waals surface area (Å²) in [6.45, 7) is 2.17. The van der Waals surface area contributed by atoms with Crippen LogP contribution in [0.2, 0.25) is 0 Å². The number of carbonyl (C=O) groups excluding carboxylic acids is 2. The summed E-state index contributed by atoms with van der Waals surface area (Å²) in [4.78, 5) is 26.8. The van der Waals surface area contributed by atoms with Crippen molar-refractivity contribution in [1.29, 1.82) is 0 Å².